The summed E-state index contributed by atoms with van der Waals surface area (Å²) >= 11 is 6.24. The molecule has 1 aliphatic heterocycles. The number of hydrogen-bond donors (Lipinski definition) is 0. The molecule has 1 aliphatic carbocycles. The molecule has 0 aromatic heterocycles. The molecule has 2 unspecified atom stereocenters. The van der Waals surface area contributed by atoms with Crippen molar-refractivity contribution in [2.24, 2.45) is 11.0 Å². The number of hydrogen-bond acceptors (Lipinski definition) is 4. The van der Waals surface area contributed by atoms with Gasteiger partial charge in [0.15, 0.2) is 0 Å². The third-order valence-corrected chi connectivity index (χ3v) is 7.52. The fourth-order valence-corrected chi connectivity index (χ4v) is 5.48. The van der Waals surface area contributed by atoms with Crippen LogP contribution >= 0.6 is 11.6 Å². The van der Waals surface area contributed by atoms with Crippen LogP contribution in [-0.4, -0.2) is 44.8 Å². The molecule has 37 heavy (non-hydrogen) atoms. The highest BCUT2D eigenvalue weighted by molar-refractivity contribution is 6.31. The topological polar surface area (TPSA) is 39.1 Å². The van der Waals surface area contributed by atoms with Gasteiger partial charge < -0.3 is 9.80 Å². The molecule has 0 bridgehead atoms. The summed E-state index contributed by atoms with van der Waals surface area (Å²) in [6.45, 7) is 0. The summed E-state index contributed by atoms with van der Waals surface area (Å²) in [6, 6.07) is 24.0. The molecule has 1 amide bonds. The van der Waals surface area contributed by atoms with Gasteiger partial charge in [0.25, 0.3) is 5.91 Å². The monoisotopic (exact) mass is 512 g/mol. The maximum atomic E-state index is 13.8. The lowest BCUT2D eigenvalue weighted by atomic mass is 9.77. The molecule has 5 nitrogen and oxygen atoms in total. The number of anilines is 2. The molecule has 2 atom stereocenters. The van der Waals surface area contributed by atoms with Crippen molar-refractivity contribution in [2.75, 3.05) is 38.0 Å². The number of carbonyl (C=O) groups excluding carboxylic acids is 1. The summed E-state index contributed by atoms with van der Waals surface area (Å²) in [6.07, 6.45) is 5.26. The highest BCUT2D eigenvalue weighted by Gasteiger charge is 2.44. The second-order valence-corrected chi connectivity index (χ2v) is 10.7. The zero-order chi connectivity index (χ0) is 26.1. The number of carbonyl (C=O) groups is 1. The third kappa shape index (κ3) is 5.14. The van der Waals surface area contributed by atoms with E-state index in [0.717, 1.165) is 41.8 Å². The van der Waals surface area contributed by atoms with E-state index in [2.05, 4.69) is 64.4 Å². The quantitative estimate of drug-likeness (QED) is 0.373. The maximum absolute atomic E-state index is 13.8. The van der Waals surface area contributed by atoms with Crippen LogP contribution in [0, 0.1) is 5.92 Å². The number of amides is 1. The second kappa shape index (κ2) is 10.4. The minimum Gasteiger partial charge on any atom is -0.378 e. The van der Waals surface area contributed by atoms with Gasteiger partial charge in [0.05, 0.1) is 11.8 Å². The predicted octanol–water partition coefficient (Wildman–Crippen LogP) is 6.91. The Morgan fingerprint density at radius 2 is 1.59 bits per heavy atom. The number of rotatable bonds is 5. The van der Waals surface area contributed by atoms with Gasteiger partial charge in [-0.25, -0.2) is 5.01 Å². The zero-order valence-corrected chi connectivity index (χ0v) is 22.6. The van der Waals surface area contributed by atoms with Crippen molar-refractivity contribution < 1.29 is 4.79 Å². The summed E-state index contributed by atoms with van der Waals surface area (Å²) < 4.78 is 0. The molecule has 1 saturated carbocycles. The highest BCUT2D eigenvalue weighted by atomic mass is 35.5. The molecule has 190 valence electrons. The van der Waals surface area contributed by atoms with E-state index >= 15 is 0 Å². The summed E-state index contributed by atoms with van der Waals surface area (Å²) in [7, 11) is 8.15. The van der Waals surface area contributed by atoms with Gasteiger partial charge in [0, 0.05) is 56.1 Å². The van der Waals surface area contributed by atoms with Gasteiger partial charge >= 0.3 is 0 Å². The first-order chi connectivity index (χ1) is 17.8. The Labute approximate surface area is 224 Å². The minimum atomic E-state index is -0.155. The number of halogens is 1. The Bertz CT molecular complexity index is 1340. The number of fused-ring (bicyclic) bond motifs is 1. The van der Waals surface area contributed by atoms with Gasteiger partial charge in [-0.15, -0.1) is 0 Å². The molecule has 3 aromatic carbocycles. The third-order valence-electron chi connectivity index (χ3n) is 7.28. The molecular weight excluding hydrogens is 480 g/mol. The molecule has 1 fully saturated rings. The van der Waals surface area contributed by atoms with Crippen LogP contribution in [0.5, 0.6) is 0 Å². The van der Waals surface area contributed by atoms with Gasteiger partial charge in [-0.2, -0.15) is 5.10 Å². The largest absolute Gasteiger partial charge is 0.378 e. The molecule has 0 N–H and O–H groups in total. The van der Waals surface area contributed by atoms with Gasteiger partial charge in [0.1, 0.15) is 0 Å². The van der Waals surface area contributed by atoms with Crippen molar-refractivity contribution in [3.05, 3.63) is 100 Å². The number of allylic oxidation sites excluding steroid dienone is 1. The average Bonchev–Trinajstić information content (AvgIpc) is 3.29. The Balaban J connectivity index is 1.55. The number of hydrazone groups is 1. The van der Waals surface area contributed by atoms with E-state index in [4.69, 9.17) is 16.7 Å². The Morgan fingerprint density at radius 3 is 2.22 bits per heavy atom. The van der Waals surface area contributed by atoms with Gasteiger partial charge in [0.2, 0.25) is 0 Å². The summed E-state index contributed by atoms with van der Waals surface area (Å²) in [5, 5.41) is 7.27. The van der Waals surface area contributed by atoms with Crippen molar-refractivity contribution >= 4 is 40.7 Å². The van der Waals surface area contributed by atoms with Crippen molar-refractivity contribution in [2.45, 2.75) is 25.3 Å². The van der Waals surface area contributed by atoms with Crippen LogP contribution in [0.2, 0.25) is 5.02 Å². The van der Waals surface area contributed by atoms with Crippen LogP contribution in [0.3, 0.4) is 0 Å². The Kier molecular flexibility index (Phi) is 7.07. The first-order valence-corrected chi connectivity index (χ1v) is 13.1. The van der Waals surface area contributed by atoms with E-state index in [1.165, 1.54) is 11.3 Å². The Morgan fingerprint density at radius 1 is 0.946 bits per heavy atom. The Hall–Kier alpha value is -3.57. The normalized spacial score (nSPS) is 20.0. The SMILES string of the molecule is CN(C)c1ccc(C=C2CCCC3C2=NN(C(=O)c2cccc(Cl)c2)C3c2ccc(N(C)C)cc2)cc1. The molecule has 6 heteroatoms. The van der Waals surface area contributed by atoms with Crippen molar-refractivity contribution in [3.8, 4) is 0 Å². The first kappa shape index (κ1) is 25.1. The van der Waals surface area contributed by atoms with E-state index < -0.39 is 0 Å². The van der Waals surface area contributed by atoms with Gasteiger partial charge in [-0.05, 0) is 84.5 Å². The fourth-order valence-electron chi connectivity index (χ4n) is 5.29. The van der Waals surface area contributed by atoms with Crippen LogP contribution < -0.4 is 9.80 Å². The van der Waals surface area contributed by atoms with E-state index in [1.807, 2.05) is 40.3 Å². The van der Waals surface area contributed by atoms with Gasteiger partial charge in [-0.1, -0.05) is 41.9 Å². The van der Waals surface area contributed by atoms with E-state index in [-0.39, 0.29) is 17.9 Å². The minimum absolute atomic E-state index is 0.124. The van der Waals surface area contributed by atoms with E-state index in [9.17, 15) is 4.79 Å². The molecule has 0 saturated heterocycles. The molecular formula is C31H33ClN4O. The highest BCUT2D eigenvalue weighted by Crippen LogP contribution is 2.45. The summed E-state index contributed by atoms with van der Waals surface area (Å²) in [5.41, 5.74) is 7.33. The average molecular weight is 513 g/mol. The molecule has 5 rings (SSSR count). The number of benzene rings is 3. The molecule has 2 aliphatic rings. The standard InChI is InChI=1S/C31H33ClN4O/c1-34(2)26-15-11-21(12-16-26)19-23-7-6-10-28-29(23)33-36(31(37)24-8-5-9-25(32)20-24)30(28)22-13-17-27(18-14-22)35(3)4/h5,8-9,11-20,28,30H,6-7,10H2,1-4H3. The van der Waals surface area contributed by atoms with Crippen LogP contribution in [-0.2, 0) is 0 Å². The van der Waals surface area contributed by atoms with Crippen LogP contribution in [0.1, 0.15) is 46.8 Å². The zero-order valence-electron chi connectivity index (χ0n) is 21.9. The van der Waals surface area contributed by atoms with Crippen LogP contribution in [0.4, 0.5) is 11.4 Å². The smallest absolute Gasteiger partial charge is 0.274 e. The second-order valence-electron chi connectivity index (χ2n) is 10.2. The molecule has 1 heterocycles. The molecule has 0 radical (unpaired) electrons. The van der Waals surface area contributed by atoms with Gasteiger partial charge in [-0.3, -0.25) is 4.79 Å². The van der Waals surface area contributed by atoms with Crippen molar-refractivity contribution in [3.63, 3.8) is 0 Å². The van der Waals surface area contributed by atoms with E-state index in [0.29, 0.717) is 10.6 Å². The molecule has 0 spiro atoms. The van der Waals surface area contributed by atoms with Crippen LogP contribution in [0.15, 0.2) is 83.5 Å². The van der Waals surface area contributed by atoms with Crippen molar-refractivity contribution in [1.29, 1.82) is 0 Å². The summed E-state index contributed by atoms with van der Waals surface area (Å²) in [5.74, 6) is 0.0233. The lowest BCUT2D eigenvalue weighted by Crippen LogP contribution is -2.32. The molecule has 3 aromatic rings. The van der Waals surface area contributed by atoms with E-state index in [1.54, 1.807) is 17.1 Å². The number of nitrogens with zero attached hydrogens (tertiary/aromatic N) is 4. The first-order valence-electron chi connectivity index (χ1n) is 12.7. The lowest BCUT2D eigenvalue weighted by Gasteiger charge is -2.30. The maximum Gasteiger partial charge on any atom is 0.274 e. The lowest BCUT2D eigenvalue weighted by molar-refractivity contribution is 0.0681. The fraction of sp³-hybridized carbons (Fsp3) is 0.290. The van der Waals surface area contributed by atoms with Crippen LogP contribution in [0.25, 0.3) is 6.08 Å². The summed E-state index contributed by atoms with van der Waals surface area (Å²) in [4.78, 5) is 18.0. The van der Waals surface area contributed by atoms with Crippen molar-refractivity contribution in [1.82, 2.24) is 5.01 Å². The predicted molar refractivity (Wildman–Crippen MR) is 155 cm³/mol.